The van der Waals surface area contributed by atoms with E-state index in [-0.39, 0.29) is 12.3 Å². The largest absolute Gasteiger partial charge is 0.507 e. The molecule has 2 aromatic carbocycles. The molecule has 0 spiro atoms. The molecule has 0 aliphatic carbocycles. The second-order valence-electron chi connectivity index (χ2n) is 5.23. The van der Waals surface area contributed by atoms with Crippen molar-refractivity contribution >= 4 is 12.1 Å². The van der Waals surface area contributed by atoms with Gasteiger partial charge in [-0.1, -0.05) is 30.3 Å². The number of amides is 1. The Morgan fingerprint density at radius 3 is 2.85 bits per heavy atom. The molecule has 26 heavy (non-hydrogen) atoms. The number of hydrogen-bond donors (Lipinski definition) is 2. The van der Waals surface area contributed by atoms with Crippen molar-refractivity contribution in [3.8, 4) is 22.9 Å². The lowest BCUT2D eigenvalue weighted by molar-refractivity contribution is -0.122. The zero-order valence-electron chi connectivity index (χ0n) is 13.9. The summed E-state index contributed by atoms with van der Waals surface area (Å²) in [6.07, 6.45) is 1.33. The Hall–Kier alpha value is -3.75. The molecule has 9 nitrogen and oxygen atoms in total. The van der Waals surface area contributed by atoms with Crippen molar-refractivity contribution in [2.45, 2.75) is 6.54 Å². The summed E-state index contributed by atoms with van der Waals surface area (Å²) < 4.78 is 5.00. The molecule has 0 radical (unpaired) electrons. The van der Waals surface area contributed by atoms with Crippen LogP contribution in [0.4, 0.5) is 0 Å². The van der Waals surface area contributed by atoms with Gasteiger partial charge in [-0.15, -0.1) is 10.2 Å². The normalized spacial score (nSPS) is 10.8. The van der Waals surface area contributed by atoms with E-state index in [2.05, 4.69) is 25.9 Å². The fourth-order valence-electron chi connectivity index (χ4n) is 2.11. The number of ether oxygens (including phenoxy) is 1. The molecule has 1 heterocycles. The Morgan fingerprint density at radius 1 is 1.31 bits per heavy atom. The highest BCUT2D eigenvalue weighted by Gasteiger charge is 2.08. The minimum Gasteiger partial charge on any atom is -0.507 e. The van der Waals surface area contributed by atoms with Gasteiger partial charge in [0.15, 0.2) is 0 Å². The van der Waals surface area contributed by atoms with Crippen LogP contribution >= 0.6 is 0 Å². The number of tetrazole rings is 1. The van der Waals surface area contributed by atoms with E-state index in [0.29, 0.717) is 17.1 Å². The van der Waals surface area contributed by atoms with Crippen LogP contribution < -0.4 is 10.2 Å². The molecule has 2 N–H and O–H groups in total. The van der Waals surface area contributed by atoms with Gasteiger partial charge in [-0.25, -0.2) is 5.43 Å². The first kappa shape index (κ1) is 17.1. The number of methoxy groups -OCH3 is 1. The minimum absolute atomic E-state index is 0.00667. The summed E-state index contributed by atoms with van der Waals surface area (Å²) in [6, 6.07) is 14.1. The van der Waals surface area contributed by atoms with Gasteiger partial charge in [-0.05, 0) is 17.3 Å². The van der Waals surface area contributed by atoms with E-state index in [0.717, 1.165) is 5.56 Å². The van der Waals surface area contributed by atoms with Gasteiger partial charge in [0.2, 0.25) is 5.82 Å². The van der Waals surface area contributed by atoms with Crippen molar-refractivity contribution in [3.63, 3.8) is 0 Å². The summed E-state index contributed by atoms with van der Waals surface area (Å²) in [5.41, 5.74) is 3.60. The third-order valence-corrected chi connectivity index (χ3v) is 3.40. The molecule has 0 aliphatic heterocycles. The SMILES string of the molecule is COc1ccc(/C=N/NC(=O)Cn2nnc(-c3ccccc3)n2)c(O)c1. The van der Waals surface area contributed by atoms with Crippen LogP contribution in [-0.2, 0) is 11.3 Å². The predicted molar refractivity (Wildman–Crippen MR) is 93.6 cm³/mol. The molecular weight excluding hydrogens is 336 g/mol. The lowest BCUT2D eigenvalue weighted by atomic mass is 10.2. The van der Waals surface area contributed by atoms with Crippen molar-refractivity contribution in [3.05, 3.63) is 54.1 Å². The van der Waals surface area contributed by atoms with E-state index in [1.807, 2.05) is 30.3 Å². The van der Waals surface area contributed by atoms with Crippen molar-refractivity contribution in [1.82, 2.24) is 25.6 Å². The maximum Gasteiger partial charge on any atom is 0.263 e. The van der Waals surface area contributed by atoms with Crippen molar-refractivity contribution < 1.29 is 14.6 Å². The molecule has 132 valence electrons. The van der Waals surface area contributed by atoms with Gasteiger partial charge >= 0.3 is 0 Å². The predicted octanol–water partition coefficient (Wildman–Crippen LogP) is 1.20. The Balaban J connectivity index is 1.57. The molecule has 9 heteroatoms. The molecule has 1 amide bonds. The van der Waals surface area contributed by atoms with Crippen molar-refractivity contribution in [2.24, 2.45) is 5.10 Å². The number of hydrogen-bond acceptors (Lipinski definition) is 7. The van der Waals surface area contributed by atoms with Crippen LogP contribution in [-0.4, -0.2) is 44.5 Å². The van der Waals surface area contributed by atoms with Crippen LogP contribution in [0.2, 0.25) is 0 Å². The first-order valence-electron chi connectivity index (χ1n) is 7.68. The first-order chi connectivity index (χ1) is 12.7. The summed E-state index contributed by atoms with van der Waals surface area (Å²) in [6.45, 7) is -0.133. The summed E-state index contributed by atoms with van der Waals surface area (Å²) in [5, 5.41) is 25.5. The Labute approximate surface area is 148 Å². The van der Waals surface area contributed by atoms with E-state index < -0.39 is 5.91 Å². The number of phenolic OH excluding ortho intramolecular Hbond substituents is 1. The molecule has 0 unspecified atom stereocenters. The first-order valence-corrected chi connectivity index (χ1v) is 7.68. The molecule has 0 saturated heterocycles. The highest BCUT2D eigenvalue weighted by Crippen LogP contribution is 2.21. The molecular formula is C17H16N6O3. The molecule has 1 aromatic heterocycles. The molecule has 0 atom stereocenters. The average molecular weight is 352 g/mol. The number of benzene rings is 2. The summed E-state index contributed by atoms with van der Waals surface area (Å²) in [7, 11) is 1.50. The number of nitrogens with one attached hydrogen (secondary N) is 1. The maximum absolute atomic E-state index is 11.9. The molecule has 0 aliphatic rings. The highest BCUT2D eigenvalue weighted by atomic mass is 16.5. The van der Waals surface area contributed by atoms with E-state index in [1.54, 1.807) is 12.1 Å². The number of phenols is 1. The molecule has 3 aromatic rings. The van der Waals surface area contributed by atoms with Gasteiger partial charge < -0.3 is 9.84 Å². The monoisotopic (exact) mass is 352 g/mol. The number of carbonyl (C=O) groups excluding carboxylic acids is 1. The second kappa shape index (κ2) is 7.88. The zero-order chi connectivity index (χ0) is 18.4. The second-order valence-corrected chi connectivity index (χ2v) is 5.23. The third-order valence-electron chi connectivity index (χ3n) is 3.40. The van der Waals surface area contributed by atoms with Crippen molar-refractivity contribution in [2.75, 3.05) is 7.11 Å². The van der Waals surface area contributed by atoms with Crippen molar-refractivity contribution in [1.29, 1.82) is 0 Å². The van der Waals surface area contributed by atoms with Gasteiger partial charge in [0, 0.05) is 17.2 Å². The van der Waals surface area contributed by atoms with Crippen LogP contribution in [0, 0.1) is 0 Å². The quantitative estimate of drug-likeness (QED) is 0.509. The van der Waals surface area contributed by atoms with E-state index in [9.17, 15) is 9.90 Å². The van der Waals surface area contributed by atoms with Crippen LogP contribution in [0.15, 0.2) is 53.6 Å². The summed E-state index contributed by atoms with van der Waals surface area (Å²) >= 11 is 0. The third kappa shape index (κ3) is 4.20. The summed E-state index contributed by atoms with van der Waals surface area (Å²) in [5.74, 6) is 0.527. The fraction of sp³-hybridized carbons (Fsp3) is 0.118. The highest BCUT2D eigenvalue weighted by molar-refractivity contribution is 5.85. The number of hydrazone groups is 1. The lowest BCUT2D eigenvalue weighted by Crippen LogP contribution is -2.24. The minimum atomic E-state index is -0.425. The van der Waals surface area contributed by atoms with Crippen LogP contribution in [0.3, 0.4) is 0 Å². The van der Waals surface area contributed by atoms with Gasteiger partial charge in [0.1, 0.15) is 18.0 Å². The Morgan fingerprint density at radius 2 is 2.12 bits per heavy atom. The Bertz CT molecular complexity index is 923. The van der Waals surface area contributed by atoms with Gasteiger partial charge in [0.05, 0.1) is 13.3 Å². The van der Waals surface area contributed by atoms with E-state index in [4.69, 9.17) is 4.74 Å². The van der Waals surface area contributed by atoms with Gasteiger partial charge in [-0.3, -0.25) is 4.79 Å². The smallest absolute Gasteiger partial charge is 0.263 e. The van der Waals surface area contributed by atoms with Crippen LogP contribution in [0.1, 0.15) is 5.56 Å². The molecule has 0 saturated carbocycles. The zero-order valence-corrected chi connectivity index (χ0v) is 13.9. The number of aromatic hydroxyl groups is 1. The average Bonchev–Trinajstić information content (AvgIpc) is 3.12. The number of nitrogens with zero attached hydrogens (tertiary/aromatic N) is 5. The molecule has 0 bridgehead atoms. The summed E-state index contributed by atoms with van der Waals surface area (Å²) in [4.78, 5) is 13.1. The fourth-order valence-corrected chi connectivity index (χ4v) is 2.11. The topological polar surface area (TPSA) is 115 Å². The van der Waals surface area contributed by atoms with Crippen LogP contribution in [0.5, 0.6) is 11.5 Å². The molecule has 3 rings (SSSR count). The lowest BCUT2D eigenvalue weighted by Gasteiger charge is -2.03. The van der Waals surface area contributed by atoms with E-state index >= 15 is 0 Å². The van der Waals surface area contributed by atoms with Gasteiger partial charge in [0.25, 0.3) is 5.91 Å². The molecule has 0 fully saturated rings. The van der Waals surface area contributed by atoms with Gasteiger partial charge in [-0.2, -0.15) is 9.90 Å². The maximum atomic E-state index is 11.9. The van der Waals surface area contributed by atoms with E-state index in [1.165, 1.54) is 24.2 Å². The number of rotatable bonds is 6. The standard InChI is InChI=1S/C17H16N6O3/c1-26-14-8-7-13(15(24)9-14)10-18-19-16(25)11-23-21-17(20-22-23)12-5-3-2-4-6-12/h2-10,24H,11H2,1H3,(H,19,25)/b18-10+. The Kier molecular flexibility index (Phi) is 5.18. The van der Waals surface area contributed by atoms with Crippen LogP contribution in [0.25, 0.3) is 11.4 Å². The number of carbonyl (C=O) groups is 1. The number of aromatic nitrogens is 4.